The van der Waals surface area contributed by atoms with Crippen molar-refractivity contribution in [2.45, 2.75) is 25.4 Å². The van der Waals surface area contributed by atoms with Crippen molar-refractivity contribution >= 4 is 27.9 Å². The van der Waals surface area contributed by atoms with E-state index in [2.05, 4.69) is 30.7 Å². The normalized spacial score (nSPS) is 10.4. The monoisotopic (exact) mass is 343 g/mol. The Morgan fingerprint density at radius 2 is 1.80 bits per heavy atom. The van der Waals surface area contributed by atoms with E-state index in [0.717, 1.165) is 10.0 Å². The minimum atomic E-state index is -0.361. The molecule has 0 unspecified atom stereocenters. The van der Waals surface area contributed by atoms with Gasteiger partial charge in [-0.1, -0.05) is 28.1 Å². The number of hydrogen-bond acceptors (Lipinski definition) is 5. The summed E-state index contributed by atoms with van der Waals surface area (Å²) in [6.45, 7) is 0.554. The highest BCUT2D eigenvalue weighted by Gasteiger charge is 2.18. The summed E-state index contributed by atoms with van der Waals surface area (Å²) in [5, 5.41) is 3.17. The number of hydrogen-bond donors (Lipinski definition) is 1. The fourth-order valence-electron chi connectivity index (χ4n) is 1.69. The Bertz CT molecular complexity index is 446. The maximum Gasteiger partial charge on any atom is 0.307 e. The van der Waals surface area contributed by atoms with Gasteiger partial charge in [0.25, 0.3) is 0 Å². The lowest BCUT2D eigenvalue weighted by Gasteiger charge is -2.16. The lowest BCUT2D eigenvalue weighted by Crippen LogP contribution is -2.33. The van der Waals surface area contributed by atoms with E-state index >= 15 is 0 Å². The van der Waals surface area contributed by atoms with Crippen LogP contribution in [-0.2, 0) is 25.6 Å². The van der Waals surface area contributed by atoms with Gasteiger partial charge in [-0.2, -0.15) is 0 Å². The third-order valence-electron chi connectivity index (χ3n) is 2.77. The Kier molecular flexibility index (Phi) is 7.25. The summed E-state index contributed by atoms with van der Waals surface area (Å²) < 4.78 is 10.2. The topological polar surface area (TPSA) is 64.6 Å². The van der Waals surface area contributed by atoms with Crippen molar-refractivity contribution in [3.05, 3.63) is 34.3 Å². The zero-order chi connectivity index (χ0) is 15.0. The van der Waals surface area contributed by atoms with Crippen LogP contribution in [0.3, 0.4) is 0 Å². The van der Waals surface area contributed by atoms with Crippen LogP contribution in [-0.4, -0.2) is 32.2 Å². The second-order valence-corrected chi connectivity index (χ2v) is 5.18. The molecule has 0 heterocycles. The van der Waals surface area contributed by atoms with Crippen molar-refractivity contribution < 1.29 is 19.1 Å². The van der Waals surface area contributed by atoms with Gasteiger partial charge in [-0.3, -0.25) is 9.59 Å². The molecule has 0 aromatic heterocycles. The summed E-state index contributed by atoms with van der Waals surface area (Å²) in [5.74, 6) is -0.721. The van der Waals surface area contributed by atoms with Crippen LogP contribution in [0.2, 0.25) is 0 Å². The number of nitrogens with one attached hydrogen (secondary N) is 1. The van der Waals surface area contributed by atoms with E-state index in [1.54, 1.807) is 0 Å². The lowest BCUT2D eigenvalue weighted by atomic mass is 10.1. The van der Waals surface area contributed by atoms with Crippen molar-refractivity contribution in [1.29, 1.82) is 0 Å². The van der Waals surface area contributed by atoms with Gasteiger partial charge in [0.05, 0.1) is 27.1 Å². The van der Waals surface area contributed by atoms with Gasteiger partial charge in [-0.25, -0.2) is 0 Å². The molecule has 1 N–H and O–H groups in total. The molecular weight excluding hydrogens is 326 g/mol. The molecule has 1 rings (SSSR count). The summed E-state index contributed by atoms with van der Waals surface area (Å²) in [4.78, 5) is 22.7. The molecule has 6 heteroatoms. The van der Waals surface area contributed by atoms with E-state index in [9.17, 15) is 9.59 Å². The van der Waals surface area contributed by atoms with E-state index in [0.29, 0.717) is 6.54 Å². The summed E-state index contributed by atoms with van der Waals surface area (Å²) in [5.41, 5.74) is 1.05. The third kappa shape index (κ3) is 6.16. The van der Waals surface area contributed by atoms with Gasteiger partial charge >= 0.3 is 11.9 Å². The molecule has 1 aromatic rings. The zero-order valence-corrected chi connectivity index (χ0v) is 13.1. The number of rotatable bonds is 7. The van der Waals surface area contributed by atoms with Crippen LogP contribution in [0.1, 0.15) is 18.4 Å². The Labute approximate surface area is 126 Å². The SMILES string of the molecule is COC(=O)CC(CC(=O)OC)NCc1cccc(Br)c1. The highest BCUT2D eigenvalue weighted by atomic mass is 79.9. The molecule has 0 aliphatic rings. The molecule has 5 nitrogen and oxygen atoms in total. The average molecular weight is 344 g/mol. The maximum atomic E-state index is 11.3. The van der Waals surface area contributed by atoms with E-state index in [-0.39, 0.29) is 30.8 Å². The first-order chi connectivity index (χ1) is 9.55. The number of ether oxygens (including phenoxy) is 2. The zero-order valence-electron chi connectivity index (χ0n) is 11.5. The van der Waals surface area contributed by atoms with Crippen molar-refractivity contribution in [1.82, 2.24) is 5.32 Å². The fraction of sp³-hybridized carbons (Fsp3) is 0.429. The number of benzene rings is 1. The minimum absolute atomic E-state index is 0.125. The second kappa shape index (κ2) is 8.71. The predicted octanol–water partition coefficient (Wildman–Crippen LogP) is 2.03. The number of carbonyl (C=O) groups excluding carboxylic acids is 2. The van der Waals surface area contributed by atoms with Crippen LogP contribution in [0.25, 0.3) is 0 Å². The Morgan fingerprint density at radius 1 is 1.20 bits per heavy atom. The minimum Gasteiger partial charge on any atom is -0.469 e. The summed E-state index contributed by atoms with van der Waals surface area (Å²) in [6, 6.07) is 7.49. The molecule has 0 amide bonds. The molecule has 110 valence electrons. The molecule has 0 bridgehead atoms. The van der Waals surface area contributed by atoms with Gasteiger partial charge < -0.3 is 14.8 Å². The van der Waals surface area contributed by atoms with E-state index in [1.165, 1.54) is 14.2 Å². The summed E-state index contributed by atoms with van der Waals surface area (Å²) in [6.07, 6.45) is 0.249. The van der Waals surface area contributed by atoms with Gasteiger partial charge in [0.1, 0.15) is 0 Å². The highest BCUT2D eigenvalue weighted by molar-refractivity contribution is 9.10. The Hall–Kier alpha value is -1.40. The predicted molar refractivity (Wildman–Crippen MR) is 78.0 cm³/mol. The molecule has 0 spiro atoms. The van der Waals surface area contributed by atoms with E-state index < -0.39 is 0 Å². The van der Waals surface area contributed by atoms with Crippen LogP contribution < -0.4 is 5.32 Å². The van der Waals surface area contributed by atoms with Crippen LogP contribution in [0, 0.1) is 0 Å². The van der Waals surface area contributed by atoms with Crippen LogP contribution in [0.5, 0.6) is 0 Å². The standard InChI is InChI=1S/C14H18BrNO4/c1-19-13(17)7-12(8-14(18)20-2)16-9-10-4-3-5-11(15)6-10/h3-6,12,16H,7-9H2,1-2H3. The maximum absolute atomic E-state index is 11.3. The molecule has 0 aliphatic heterocycles. The van der Waals surface area contributed by atoms with Crippen molar-refractivity contribution in [2.24, 2.45) is 0 Å². The van der Waals surface area contributed by atoms with Crippen molar-refractivity contribution in [2.75, 3.05) is 14.2 Å². The van der Waals surface area contributed by atoms with Crippen molar-refractivity contribution in [3.63, 3.8) is 0 Å². The molecule has 0 radical (unpaired) electrons. The summed E-state index contributed by atoms with van der Waals surface area (Å²) >= 11 is 3.40. The van der Waals surface area contributed by atoms with Crippen LogP contribution in [0.4, 0.5) is 0 Å². The smallest absolute Gasteiger partial charge is 0.307 e. The second-order valence-electron chi connectivity index (χ2n) is 4.27. The van der Waals surface area contributed by atoms with Gasteiger partial charge in [0.2, 0.25) is 0 Å². The molecule has 1 aromatic carbocycles. The largest absolute Gasteiger partial charge is 0.469 e. The number of methoxy groups -OCH3 is 2. The fourth-order valence-corrected chi connectivity index (χ4v) is 2.14. The Morgan fingerprint density at radius 3 is 2.30 bits per heavy atom. The first-order valence-corrected chi connectivity index (χ1v) is 6.96. The number of halogens is 1. The molecule has 20 heavy (non-hydrogen) atoms. The quantitative estimate of drug-likeness (QED) is 0.767. The van der Waals surface area contributed by atoms with Crippen molar-refractivity contribution in [3.8, 4) is 0 Å². The number of carbonyl (C=O) groups is 2. The molecule has 0 atom stereocenters. The molecule has 0 fully saturated rings. The lowest BCUT2D eigenvalue weighted by molar-refractivity contribution is -0.143. The molecule has 0 aliphatic carbocycles. The molecule has 0 saturated carbocycles. The summed E-state index contributed by atoms with van der Waals surface area (Å²) in [7, 11) is 2.65. The highest BCUT2D eigenvalue weighted by Crippen LogP contribution is 2.12. The first kappa shape index (κ1) is 16.7. The third-order valence-corrected chi connectivity index (χ3v) is 3.26. The van der Waals surface area contributed by atoms with Crippen LogP contribution in [0.15, 0.2) is 28.7 Å². The van der Waals surface area contributed by atoms with Crippen LogP contribution >= 0.6 is 15.9 Å². The first-order valence-electron chi connectivity index (χ1n) is 6.16. The van der Waals surface area contributed by atoms with Gasteiger partial charge in [-0.05, 0) is 17.7 Å². The average Bonchev–Trinajstić information content (AvgIpc) is 2.44. The molecular formula is C14H18BrNO4. The molecule has 0 saturated heterocycles. The number of esters is 2. The van der Waals surface area contributed by atoms with Gasteiger partial charge in [-0.15, -0.1) is 0 Å². The Balaban J connectivity index is 2.59. The van der Waals surface area contributed by atoms with E-state index in [1.807, 2.05) is 24.3 Å². The van der Waals surface area contributed by atoms with E-state index in [4.69, 9.17) is 0 Å². The van der Waals surface area contributed by atoms with Gasteiger partial charge in [0.15, 0.2) is 0 Å². The van der Waals surface area contributed by atoms with Gasteiger partial charge in [0, 0.05) is 17.1 Å².